The normalized spacial score (nSPS) is 16.3. The van der Waals surface area contributed by atoms with Crippen LogP contribution in [0.4, 0.5) is 27.8 Å². The van der Waals surface area contributed by atoms with E-state index < -0.39 is 5.60 Å². The molecule has 1 saturated heterocycles. The van der Waals surface area contributed by atoms with Crippen LogP contribution >= 0.6 is 0 Å². The highest BCUT2D eigenvalue weighted by atomic mass is 16.6. The van der Waals surface area contributed by atoms with E-state index in [0.717, 1.165) is 48.1 Å². The number of hydrogen-bond donors (Lipinski definition) is 2. The monoisotopic (exact) mass is 479 g/mol. The van der Waals surface area contributed by atoms with Gasteiger partial charge in [0.2, 0.25) is 0 Å². The summed E-state index contributed by atoms with van der Waals surface area (Å²) in [6.07, 6.45) is 0.441. The van der Waals surface area contributed by atoms with Gasteiger partial charge in [0.15, 0.2) is 17.3 Å². The molecule has 0 aliphatic carbocycles. The predicted octanol–water partition coefficient (Wildman–Crippen LogP) is 3.49. The molecule has 0 radical (unpaired) electrons. The third-order valence-corrected chi connectivity index (χ3v) is 6.28. The highest BCUT2D eigenvalue weighted by molar-refractivity contribution is 5.75. The number of nitrogens with two attached hydrogens (primary N) is 1. The van der Waals surface area contributed by atoms with Gasteiger partial charge in [-0.3, -0.25) is 0 Å². The van der Waals surface area contributed by atoms with Crippen molar-refractivity contribution >= 4 is 34.8 Å². The molecule has 10 heteroatoms. The SMILES string of the molecule is Cc1nc2c(N)cc(N3CCOCC3)nn2c1Nc1cccc2c1CCN(C(=O)OC(C)(C)C)C2. The summed E-state index contributed by atoms with van der Waals surface area (Å²) in [7, 11) is 0. The van der Waals surface area contributed by atoms with Gasteiger partial charge < -0.3 is 30.3 Å². The molecular weight excluding hydrogens is 446 g/mol. The fraction of sp³-hybridized carbons (Fsp3) is 0.480. The number of nitrogen functional groups attached to an aromatic ring is 1. The van der Waals surface area contributed by atoms with E-state index in [0.29, 0.717) is 37.6 Å². The lowest BCUT2D eigenvalue weighted by atomic mass is 9.98. The van der Waals surface area contributed by atoms with Crippen LogP contribution in [-0.4, -0.2) is 64.0 Å². The number of carbonyl (C=O) groups is 1. The average Bonchev–Trinajstić information content (AvgIpc) is 3.14. The largest absolute Gasteiger partial charge is 0.444 e. The zero-order valence-corrected chi connectivity index (χ0v) is 20.8. The first-order valence-corrected chi connectivity index (χ1v) is 12.0. The van der Waals surface area contributed by atoms with Crippen molar-refractivity contribution in [2.24, 2.45) is 0 Å². The first-order chi connectivity index (χ1) is 16.7. The lowest BCUT2D eigenvalue weighted by molar-refractivity contribution is 0.0224. The van der Waals surface area contributed by atoms with E-state index >= 15 is 0 Å². The molecule has 0 atom stereocenters. The third kappa shape index (κ3) is 4.70. The predicted molar refractivity (Wildman–Crippen MR) is 135 cm³/mol. The minimum Gasteiger partial charge on any atom is -0.444 e. The Morgan fingerprint density at radius 3 is 2.71 bits per heavy atom. The van der Waals surface area contributed by atoms with Gasteiger partial charge in [-0.25, -0.2) is 9.78 Å². The Bertz CT molecular complexity index is 1260. The molecule has 0 unspecified atom stereocenters. The van der Waals surface area contributed by atoms with Crippen molar-refractivity contribution in [1.82, 2.24) is 19.5 Å². The van der Waals surface area contributed by atoms with Gasteiger partial charge >= 0.3 is 6.09 Å². The minimum absolute atomic E-state index is 0.283. The second kappa shape index (κ2) is 8.92. The molecule has 2 aromatic heterocycles. The van der Waals surface area contributed by atoms with Crippen molar-refractivity contribution in [3.05, 3.63) is 41.1 Å². The Morgan fingerprint density at radius 2 is 1.97 bits per heavy atom. The van der Waals surface area contributed by atoms with Crippen LogP contribution in [-0.2, 0) is 22.4 Å². The quantitative estimate of drug-likeness (QED) is 0.587. The number of amides is 1. The number of nitrogens with one attached hydrogen (secondary N) is 1. The molecule has 1 fully saturated rings. The molecule has 186 valence electrons. The number of hydrogen-bond acceptors (Lipinski definition) is 8. The van der Waals surface area contributed by atoms with Crippen LogP contribution in [0.1, 0.15) is 37.6 Å². The number of carbonyl (C=O) groups excluding carboxylic acids is 1. The van der Waals surface area contributed by atoms with Crippen LogP contribution in [0.5, 0.6) is 0 Å². The van der Waals surface area contributed by atoms with Gasteiger partial charge in [0, 0.05) is 37.9 Å². The number of anilines is 4. The number of imidazole rings is 1. The van der Waals surface area contributed by atoms with Crippen LogP contribution in [0.25, 0.3) is 5.65 Å². The van der Waals surface area contributed by atoms with E-state index in [-0.39, 0.29) is 6.09 Å². The summed E-state index contributed by atoms with van der Waals surface area (Å²) in [5.74, 6) is 1.59. The molecule has 1 aromatic carbocycles. The molecule has 3 N–H and O–H groups in total. The number of benzene rings is 1. The average molecular weight is 480 g/mol. The van der Waals surface area contributed by atoms with Crippen molar-refractivity contribution in [2.45, 2.75) is 46.3 Å². The van der Waals surface area contributed by atoms with Crippen molar-refractivity contribution in [3.8, 4) is 0 Å². The van der Waals surface area contributed by atoms with Gasteiger partial charge in [0.1, 0.15) is 5.60 Å². The van der Waals surface area contributed by atoms with Gasteiger partial charge in [0.25, 0.3) is 0 Å². The van der Waals surface area contributed by atoms with Crippen LogP contribution in [0, 0.1) is 6.92 Å². The maximum absolute atomic E-state index is 12.6. The molecular formula is C25H33N7O3. The number of ether oxygens (including phenoxy) is 2. The minimum atomic E-state index is -0.518. The van der Waals surface area contributed by atoms with E-state index in [1.54, 1.807) is 9.42 Å². The fourth-order valence-electron chi connectivity index (χ4n) is 4.56. The number of nitrogens with zero attached hydrogens (tertiary/aromatic N) is 5. The zero-order valence-electron chi connectivity index (χ0n) is 20.8. The van der Waals surface area contributed by atoms with Crippen molar-refractivity contribution in [3.63, 3.8) is 0 Å². The molecule has 5 rings (SSSR count). The molecule has 3 aromatic rings. The number of aryl methyl sites for hydroxylation is 1. The van der Waals surface area contributed by atoms with Crippen molar-refractivity contribution < 1.29 is 14.3 Å². The highest BCUT2D eigenvalue weighted by Gasteiger charge is 2.27. The lowest BCUT2D eigenvalue weighted by Gasteiger charge is -2.32. The maximum atomic E-state index is 12.6. The van der Waals surface area contributed by atoms with E-state index in [1.165, 1.54) is 5.56 Å². The standard InChI is InChI=1S/C25H33N7O3/c1-16-22(32-23(27-16)19(26)14-21(29-32)30-10-12-34-13-11-30)28-20-7-5-6-17-15-31(9-8-18(17)20)24(33)35-25(2,3)4/h5-7,14,28H,8-13,15,26H2,1-4H3. The van der Waals surface area contributed by atoms with E-state index in [9.17, 15) is 4.79 Å². The smallest absolute Gasteiger partial charge is 0.410 e. The molecule has 2 aliphatic rings. The maximum Gasteiger partial charge on any atom is 0.410 e. The summed E-state index contributed by atoms with van der Waals surface area (Å²) >= 11 is 0. The Kier molecular flexibility index (Phi) is 5.92. The second-order valence-corrected chi connectivity index (χ2v) is 10.1. The topological polar surface area (TPSA) is 110 Å². The summed E-state index contributed by atoms with van der Waals surface area (Å²) in [6.45, 7) is 11.6. The van der Waals surface area contributed by atoms with Crippen LogP contribution in [0.15, 0.2) is 24.3 Å². The Hall–Kier alpha value is -3.53. The summed E-state index contributed by atoms with van der Waals surface area (Å²) in [6, 6.07) is 7.99. The summed E-state index contributed by atoms with van der Waals surface area (Å²) in [5.41, 5.74) is 11.1. The third-order valence-electron chi connectivity index (χ3n) is 6.28. The highest BCUT2D eigenvalue weighted by Crippen LogP contribution is 2.32. The van der Waals surface area contributed by atoms with Crippen molar-refractivity contribution in [1.29, 1.82) is 0 Å². The van der Waals surface area contributed by atoms with Crippen LogP contribution < -0.4 is 16.0 Å². The molecule has 4 heterocycles. The molecule has 0 bridgehead atoms. The Balaban J connectivity index is 1.44. The number of morpholine rings is 1. The summed E-state index contributed by atoms with van der Waals surface area (Å²) < 4.78 is 12.8. The first kappa shape index (κ1) is 23.2. The van der Waals surface area contributed by atoms with E-state index in [2.05, 4.69) is 27.3 Å². The van der Waals surface area contributed by atoms with Crippen LogP contribution in [0.3, 0.4) is 0 Å². The second-order valence-electron chi connectivity index (χ2n) is 10.1. The van der Waals surface area contributed by atoms with Gasteiger partial charge in [0.05, 0.1) is 24.6 Å². The van der Waals surface area contributed by atoms with Gasteiger partial charge in [-0.05, 0) is 51.3 Å². The van der Waals surface area contributed by atoms with Crippen molar-refractivity contribution in [2.75, 3.05) is 48.8 Å². The number of aromatic nitrogens is 3. The first-order valence-electron chi connectivity index (χ1n) is 12.0. The van der Waals surface area contributed by atoms with Gasteiger partial charge in [-0.15, -0.1) is 5.10 Å². The lowest BCUT2D eigenvalue weighted by Crippen LogP contribution is -2.40. The van der Waals surface area contributed by atoms with E-state index in [1.807, 2.05) is 39.8 Å². The molecule has 1 amide bonds. The molecule has 0 spiro atoms. The number of rotatable bonds is 3. The summed E-state index contributed by atoms with van der Waals surface area (Å²) in [4.78, 5) is 21.2. The summed E-state index contributed by atoms with van der Waals surface area (Å²) in [5, 5.41) is 8.44. The molecule has 0 saturated carbocycles. The zero-order chi connectivity index (χ0) is 24.7. The Morgan fingerprint density at radius 1 is 1.20 bits per heavy atom. The molecule has 2 aliphatic heterocycles. The van der Waals surface area contributed by atoms with Crippen LogP contribution in [0.2, 0.25) is 0 Å². The van der Waals surface area contributed by atoms with Gasteiger partial charge in [-0.2, -0.15) is 4.52 Å². The Labute approximate surface area is 205 Å². The number of fused-ring (bicyclic) bond motifs is 2. The van der Waals surface area contributed by atoms with E-state index in [4.69, 9.17) is 20.3 Å². The van der Waals surface area contributed by atoms with Gasteiger partial charge in [-0.1, -0.05) is 12.1 Å². The fourth-order valence-corrected chi connectivity index (χ4v) is 4.56. The molecule has 10 nitrogen and oxygen atoms in total. The molecule has 35 heavy (non-hydrogen) atoms.